The number of nitrogens with one attached hydrogen (secondary N) is 2. The van der Waals surface area contributed by atoms with Crippen LogP contribution in [0, 0.1) is 17.8 Å². The van der Waals surface area contributed by atoms with Crippen molar-refractivity contribution in [2.24, 2.45) is 17.8 Å². The summed E-state index contributed by atoms with van der Waals surface area (Å²) in [4.78, 5) is 46.6. The van der Waals surface area contributed by atoms with Gasteiger partial charge in [0.1, 0.15) is 11.6 Å². The third-order valence-electron chi connectivity index (χ3n) is 3.70. The number of carbonyl (C=O) groups is 4. The molecule has 0 aromatic heterocycles. The van der Waals surface area contributed by atoms with Crippen LogP contribution in [0.25, 0.3) is 0 Å². The smallest absolute Gasteiger partial charge is 0.408 e. The van der Waals surface area contributed by atoms with Gasteiger partial charge in [-0.2, -0.15) is 0 Å². The van der Waals surface area contributed by atoms with Crippen molar-refractivity contribution in [2.75, 3.05) is 13.2 Å². The molecule has 1 aliphatic rings. The van der Waals surface area contributed by atoms with E-state index < -0.39 is 47.4 Å². The molecule has 1 saturated carbocycles. The molecule has 0 aromatic rings. The zero-order valence-electron chi connectivity index (χ0n) is 15.1. The number of carboxylic acid groups (broad SMARTS) is 1. The number of carboxylic acids is 1. The highest BCUT2D eigenvalue weighted by molar-refractivity contribution is 5.84. The fourth-order valence-corrected chi connectivity index (χ4v) is 2.71. The van der Waals surface area contributed by atoms with Gasteiger partial charge in [0.05, 0.1) is 12.5 Å². The molecule has 0 aromatic carbocycles. The lowest BCUT2D eigenvalue weighted by Gasteiger charge is -2.22. The van der Waals surface area contributed by atoms with Crippen molar-refractivity contribution in [1.82, 2.24) is 10.6 Å². The van der Waals surface area contributed by atoms with E-state index in [2.05, 4.69) is 10.6 Å². The van der Waals surface area contributed by atoms with E-state index >= 15 is 0 Å². The van der Waals surface area contributed by atoms with Crippen LogP contribution < -0.4 is 10.6 Å². The summed E-state index contributed by atoms with van der Waals surface area (Å²) >= 11 is 0. The Morgan fingerprint density at radius 2 is 1.80 bits per heavy atom. The number of hydrogen-bond donors (Lipinski definition) is 3. The Bertz CT molecular complexity index is 541. The number of amides is 2. The average molecular weight is 358 g/mol. The van der Waals surface area contributed by atoms with Crippen LogP contribution in [0.4, 0.5) is 4.79 Å². The Morgan fingerprint density at radius 3 is 2.24 bits per heavy atom. The number of ether oxygens (including phenoxy) is 2. The summed E-state index contributed by atoms with van der Waals surface area (Å²) in [6.07, 6.45) is -0.882. The SMILES string of the molecule is CCOC(=O)C1C(CNC(C)=O)C1C(NC(=O)OC(C)(C)C)C(=O)O. The molecule has 1 rings (SSSR count). The Hall–Kier alpha value is -2.32. The van der Waals surface area contributed by atoms with Crippen molar-refractivity contribution in [2.45, 2.75) is 46.3 Å². The third kappa shape index (κ3) is 6.24. The van der Waals surface area contributed by atoms with Gasteiger partial charge < -0.3 is 25.2 Å². The van der Waals surface area contributed by atoms with E-state index in [9.17, 15) is 24.3 Å². The first-order chi connectivity index (χ1) is 11.5. The van der Waals surface area contributed by atoms with Crippen LogP contribution in [0.15, 0.2) is 0 Å². The minimum Gasteiger partial charge on any atom is -0.480 e. The molecule has 0 spiro atoms. The number of aliphatic carboxylic acids is 1. The molecule has 0 bridgehead atoms. The van der Waals surface area contributed by atoms with Gasteiger partial charge in [-0.3, -0.25) is 9.59 Å². The average Bonchev–Trinajstić information content (AvgIpc) is 3.14. The second kappa shape index (κ2) is 8.17. The molecule has 4 atom stereocenters. The van der Waals surface area contributed by atoms with E-state index in [1.54, 1.807) is 27.7 Å². The van der Waals surface area contributed by atoms with E-state index in [-0.39, 0.29) is 19.1 Å². The quantitative estimate of drug-likeness (QED) is 0.566. The number of alkyl carbamates (subject to hydrolysis) is 1. The van der Waals surface area contributed by atoms with E-state index in [1.807, 2.05) is 0 Å². The maximum absolute atomic E-state index is 12.0. The van der Waals surface area contributed by atoms with Crippen molar-refractivity contribution in [1.29, 1.82) is 0 Å². The molecular formula is C16H26N2O7. The van der Waals surface area contributed by atoms with Gasteiger partial charge in [0.15, 0.2) is 0 Å². The van der Waals surface area contributed by atoms with E-state index in [0.29, 0.717) is 0 Å². The van der Waals surface area contributed by atoms with Crippen LogP contribution in [-0.4, -0.2) is 53.8 Å². The Kier molecular flexibility index (Phi) is 6.78. The molecule has 2 amide bonds. The molecule has 4 unspecified atom stereocenters. The van der Waals surface area contributed by atoms with Gasteiger partial charge in [-0.25, -0.2) is 9.59 Å². The van der Waals surface area contributed by atoms with E-state index in [4.69, 9.17) is 9.47 Å². The van der Waals surface area contributed by atoms with Crippen molar-refractivity contribution in [3.8, 4) is 0 Å². The normalized spacial score (nSPS) is 23.2. The summed E-state index contributed by atoms with van der Waals surface area (Å²) in [5.74, 6) is -3.94. The van der Waals surface area contributed by atoms with Crippen LogP contribution >= 0.6 is 0 Å². The number of carbonyl (C=O) groups excluding carboxylic acids is 3. The minimum absolute atomic E-state index is 0.128. The molecule has 0 heterocycles. The third-order valence-corrected chi connectivity index (χ3v) is 3.70. The molecule has 142 valence electrons. The van der Waals surface area contributed by atoms with Crippen molar-refractivity contribution >= 4 is 23.9 Å². The van der Waals surface area contributed by atoms with Crippen LogP contribution in [0.2, 0.25) is 0 Å². The first-order valence-corrected chi connectivity index (χ1v) is 8.11. The summed E-state index contributed by atoms with van der Waals surface area (Å²) in [5, 5.41) is 14.3. The van der Waals surface area contributed by atoms with Gasteiger partial charge >= 0.3 is 18.0 Å². The lowest BCUT2D eigenvalue weighted by atomic mass is 10.1. The van der Waals surface area contributed by atoms with Crippen LogP contribution in [-0.2, 0) is 23.9 Å². The van der Waals surface area contributed by atoms with Crippen LogP contribution in [0.1, 0.15) is 34.6 Å². The predicted octanol–water partition coefficient (Wildman–Crippen LogP) is 0.526. The zero-order valence-corrected chi connectivity index (χ0v) is 15.1. The summed E-state index contributed by atoms with van der Waals surface area (Å²) in [6.45, 7) is 8.22. The van der Waals surface area contributed by atoms with Crippen molar-refractivity contribution in [3.63, 3.8) is 0 Å². The lowest BCUT2D eigenvalue weighted by Crippen LogP contribution is -2.46. The Labute approximate surface area is 146 Å². The topological polar surface area (TPSA) is 131 Å². The first-order valence-electron chi connectivity index (χ1n) is 8.11. The van der Waals surface area contributed by atoms with Crippen molar-refractivity contribution in [3.05, 3.63) is 0 Å². The fraction of sp³-hybridized carbons (Fsp3) is 0.750. The number of esters is 1. The first kappa shape index (κ1) is 20.7. The highest BCUT2D eigenvalue weighted by Crippen LogP contribution is 2.49. The van der Waals surface area contributed by atoms with Gasteiger partial charge in [-0.05, 0) is 33.6 Å². The molecule has 9 nitrogen and oxygen atoms in total. The molecule has 0 radical (unpaired) electrons. The van der Waals surface area contributed by atoms with E-state index in [1.165, 1.54) is 6.92 Å². The minimum atomic E-state index is -1.32. The standard InChI is InChI=1S/C16H26N2O7/c1-6-24-14(22)11-9(7-17-8(2)19)10(11)12(13(20)21)18-15(23)25-16(3,4)5/h9-12H,6-7H2,1-5H3,(H,17,19)(H,18,23)(H,20,21). The summed E-state index contributed by atoms with van der Waals surface area (Å²) < 4.78 is 10.0. The Balaban J connectivity index is 2.87. The summed E-state index contributed by atoms with van der Waals surface area (Å²) in [7, 11) is 0. The second-order valence-electron chi connectivity index (χ2n) is 6.92. The monoisotopic (exact) mass is 358 g/mol. The summed E-state index contributed by atoms with van der Waals surface area (Å²) in [5.41, 5.74) is -0.785. The molecule has 0 aliphatic heterocycles. The zero-order chi connectivity index (χ0) is 19.4. The maximum atomic E-state index is 12.0. The van der Waals surface area contributed by atoms with Crippen molar-refractivity contribution < 1.29 is 33.8 Å². The lowest BCUT2D eigenvalue weighted by molar-refractivity contribution is -0.146. The molecule has 25 heavy (non-hydrogen) atoms. The predicted molar refractivity (Wildman–Crippen MR) is 86.6 cm³/mol. The number of rotatable bonds is 7. The van der Waals surface area contributed by atoms with Gasteiger partial charge in [-0.1, -0.05) is 0 Å². The van der Waals surface area contributed by atoms with Gasteiger partial charge in [0.25, 0.3) is 0 Å². The molecule has 1 fully saturated rings. The highest BCUT2D eigenvalue weighted by atomic mass is 16.6. The molecule has 1 aliphatic carbocycles. The second-order valence-corrected chi connectivity index (χ2v) is 6.92. The fourth-order valence-electron chi connectivity index (χ4n) is 2.71. The van der Waals surface area contributed by atoms with Crippen LogP contribution in [0.3, 0.4) is 0 Å². The molecule has 3 N–H and O–H groups in total. The largest absolute Gasteiger partial charge is 0.480 e. The summed E-state index contributed by atoms with van der Waals surface area (Å²) in [6, 6.07) is -1.32. The Morgan fingerprint density at radius 1 is 1.20 bits per heavy atom. The maximum Gasteiger partial charge on any atom is 0.408 e. The van der Waals surface area contributed by atoms with Crippen LogP contribution in [0.5, 0.6) is 0 Å². The molecule has 0 saturated heterocycles. The molecule has 9 heteroatoms. The molecular weight excluding hydrogens is 332 g/mol. The van der Waals surface area contributed by atoms with Gasteiger partial charge in [-0.15, -0.1) is 0 Å². The highest BCUT2D eigenvalue weighted by Gasteiger charge is 2.61. The van der Waals surface area contributed by atoms with E-state index in [0.717, 1.165) is 0 Å². The number of hydrogen-bond acceptors (Lipinski definition) is 6. The van der Waals surface area contributed by atoms with Gasteiger partial charge in [0, 0.05) is 19.4 Å². The van der Waals surface area contributed by atoms with Gasteiger partial charge in [0.2, 0.25) is 5.91 Å².